The number of rotatable bonds is 9. The van der Waals surface area contributed by atoms with E-state index in [1.54, 1.807) is 0 Å². The zero-order valence-electron chi connectivity index (χ0n) is 56.4. The highest BCUT2D eigenvalue weighted by atomic mass is 15.0. The Bertz CT molecular complexity index is 6230. The summed E-state index contributed by atoms with van der Waals surface area (Å²) in [5, 5.41) is 15.3. The molecule has 472 valence electrons. The van der Waals surface area contributed by atoms with E-state index in [0.29, 0.717) is 0 Å². The van der Waals surface area contributed by atoms with E-state index in [4.69, 9.17) is 0 Å². The van der Waals surface area contributed by atoms with Crippen LogP contribution in [0.2, 0.25) is 0 Å². The Morgan fingerprint density at radius 2 is 0.380 bits per heavy atom. The van der Waals surface area contributed by atoms with Gasteiger partial charge in [0.2, 0.25) is 0 Å². The van der Waals surface area contributed by atoms with E-state index in [2.05, 4.69) is 389 Å². The third-order valence-corrected chi connectivity index (χ3v) is 20.5. The standard InChI is InChI=1S/C52H37N.C46H33N/c1-34-30-35(2)32-41(31-34)37-22-26-39(27-23-37)52-46-17-8-6-15-44(46)51(45-16-7-9-18-47(45)52)38-24-20-36(21-25-38)40-28-29-50-48(33-40)43-14-10-11-19-49(43)53(50)42-12-4-3-5-13-42;1-30-26-31(2)28-35(27-30)46-40-17-8-6-15-38(40)45(39-16-7-9-18-41(39)46)33-22-20-32(21-23-33)34-24-25-44-42(29-34)37-14-10-11-19-43(37)47(44)36-12-4-3-5-13-36/h3-33H,1-2H3;3-29H,1-2H3. The molecule has 0 radical (unpaired) electrons. The molecule has 100 heavy (non-hydrogen) atoms. The predicted molar refractivity (Wildman–Crippen MR) is 429 cm³/mol. The van der Waals surface area contributed by atoms with Crippen molar-refractivity contribution in [3.63, 3.8) is 0 Å². The second kappa shape index (κ2) is 24.8. The van der Waals surface area contributed by atoms with Gasteiger partial charge in [-0.3, -0.25) is 0 Å². The molecule has 0 amide bonds. The van der Waals surface area contributed by atoms with Gasteiger partial charge in [0.05, 0.1) is 22.1 Å². The number of aryl methyl sites for hydroxylation is 4. The lowest BCUT2D eigenvalue weighted by atomic mass is 9.85. The van der Waals surface area contributed by atoms with Gasteiger partial charge in [-0.05, 0) is 209 Å². The Morgan fingerprint density at radius 3 is 0.700 bits per heavy atom. The maximum Gasteiger partial charge on any atom is 0.0541 e. The van der Waals surface area contributed by atoms with Crippen molar-refractivity contribution >= 4 is 86.7 Å². The summed E-state index contributed by atoms with van der Waals surface area (Å²) in [6.07, 6.45) is 0. The minimum atomic E-state index is 1.18. The van der Waals surface area contributed by atoms with Crippen LogP contribution >= 0.6 is 0 Å². The molecule has 2 aromatic heterocycles. The Kier molecular flexibility index (Phi) is 14.8. The molecule has 0 aliphatic rings. The van der Waals surface area contributed by atoms with Crippen LogP contribution in [0.25, 0.3) is 176 Å². The first-order valence-electron chi connectivity index (χ1n) is 34.8. The molecular formula is C98H70N2. The number of hydrogen-bond donors (Lipinski definition) is 0. The average Bonchev–Trinajstić information content (AvgIpc) is 1.76. The van der Waals surface area contributed by atoms with E-state index in [-0.39, 0.29) is 0 Å². The van der Waals surface area contributed by atoms with Gasteiger partial charge in [0.25, 0.3) is 0 Å². The molecule has 19 aromatic rings. The highest BCUT2D eigenvalue weighted by molar-refractivity contribution is 6.23. The first-order valence-corrected chi connectivity index (χ1v) is 34.8. The summed E-state index contributed by atoms with van der Waals surface area (Å²) in [7, 11) is 0. The van der Waals surface area contributed by atoms with Crippen LogP contribution < -0.4 is 0 Å². The predicted octanol–water partition coefficient (Wildman–Crippen LogP) is 27.1. The summed E-state index contributed by atoms with van der Waals surface area (Å²) in [5.74, 6) is 0. The molecule has 2 nitrogen and oxygen atoms in total. The van der Waals surface area contributed by atoms with Gasteiger partial charge in [0.1, 0.15) is 0 Å². The topological polar surface area (TPSA) is 9.86 Å². The molecular weight excluding hydrogens is 1210 g/mol. The lowest BCUT2D eigenvalue weighted by Gasteiger charge is -2.18. The fourth-order valence-corrected chi connectivity index (χ4v) is 16.3. The van der Waals surface area contributed by atoms with Gasteiger partial charge in [-0.1, -0.05) is 313 Å². The van der Waals surface area contributed by atoms with E-state index in [0.717, 1.165) is 0 Å². The molecule has 0 atom stereocenters. The van der Waals surface area contributed by atoms with E-state index in [1.165, 1.54) is 198 Å². The van der Waals surface area contributed by atoms with Crippen LogP contribution in [-0.2, 0) is 0 Å². The minimum Gasteiger partial charge on any atom is -0.309 e. The summed E-state index contributed by atoms with van der Waals surface area (Å²) in [6.45, 7) is 8.72. The molecule has 0 N–H and O–H groups in total. The van der Waals surface area contributed by atoms with Crippen LogP contribution in [0.4, 0.5) is 0 Å². The zero-order valence-corrected chi connectivity index (χ0v) is 56.4. The van der Waals surface area contributed by atoms with Gasteiger partial charge in [-0.2, -0.15) is 0 Å². The molecule has 0 aliphatic carbocycles. The molecule has 0 unspecified atom stereocenters. The summed E-state index contributed by atoms with van der Waals surface area (Å²) < 4.78 is 4.74. The Hall–Kier alpha value is -12.6. The quantitative estimate of drug-likeness (QED) is 0.128. The van der Waals surface area contributed by atoms with Crippen LogP contribution in [0, 0.1) is 27.7 Å². The van der Waals surface area contributed by atoms with Crippen molar-refractivity contribution in [2.24, 2.45) is 0 Å². The van der Waals surface area contributed by atoms with Crippen LogP contribution in [0.5, 0.6) is 0 Å². The smallest absolute Gasteiger partial charge is 0.0541 e. The molecule has 0 bridgehead atoms. The lowest BCUT2D eigenvalue weighted by Crippen LogP contribution is -1.93. The van der Waals surface area contributed by atoms with Crippen molar-refractivity contribution in [2.75, 3.05) is 0 Å². The van der Waals surface area contributed by atoms with Crippen LogP contribution in [0.1, 0.15) is 22.3 Å². The van der Waals surface area contributed by atoms with Crippen molar-refractivity contribution < 1.29 is 0 Å². The maximum absolute atomic E-state index is 2.37. The number of benzene rings is 17. The van der Waals surface area contributed by atoms with Gasteiger partial charge in [-0.25, -0.2) is 0 Å². The van der Waals surface area contributed by atoms with E-state index in [1.807, 2.05) is 0 Å². The average molecular weight is 1280 g/mol. The molecule has 17 aromatic carbocycles. The van der Waals surface area contributed by atoms with Crippen LogP contribution in [-0.4, -0.2) is 9.13 Å². The van der Waals surface area contributed by atoms with Crippen molar-refractivity contribution in [2.45, 2.75) is 27.7 Å². The molecule has 0 aliphatic heterocycles. The SMILES string of the molecule is Cc1cc(C)cc(-c2c3ccccc3c(-c3ccc(-c4ccc5c(c4)c4ccccc4n5-c4ccccc4)cc3)c3ccccc23)c1.Cc1cc(C)cc(-c2ccc(-c3c4ccccc4c(-c4ccc(-c5ccc6c(c5)c5ccccc5n6-c5ccccc5)cc4)c4ccccc34)cc2)c1. The molecule has 0 spiro atoms. The van der Waals surface area contributed by atoms with Crippen LogP contribution in [0.3, 0.4) is 0 Å². The molecule has 0 saturated heterocycles. The lowest BCUT2D eigenvalue weighted by molar-refractivity contribution is 1.18. The minimum absolute atomic E-state index is 1.18. The van der Waals surface area contributed by atoms with E-state index < -0.39 is 0 Å². The monoisotopic (exact) mass is 1270 g/mol. The fourth-order valence-electron chi connectivity index (χ4n) is 16.3. The van der Waals surface area contributed by atoms with Gasteiger partial charge in [-0.15, -0.1) is 0 Å². The Morgan fingerprint density at radius 1 is 0.150 bits per heavy atom. The highest BCUT2D eigenvalue weighted by Crippen LogP contribution is 2.47. The number of fused-ring (bicyclic) bond motifs is 10. The second-order valence-corrected chi connectivity index (χ2v) is 27.0. The Labute approximate surface area is 583 Å². The number of para-hydroxylation sites is 4. The van der Waals surface area contributed by atoms with Gasteiger partial charge in [0, 0.05) is 32.9 Å². The molecule has 2 heterocycles. The van der Waals surface area contributed by atoms with Crippen LogP contribution in [0.15, 0.2) is 352 Å². The third-order valence-electron chi connectivity index (χ3n) is 20.5. The fraction of sp³-hybridized carbons (Fsp3) is 0.0408. The first kappa shape index (κ1) is 59.8. The van der Waals surface area contributed by atoms with Crippen molar-refractivity contribution in [3.8, 4) is 89.3 Å². The molecule has 2 heteroatoms. The van der Waals surface area contributed by atoms with Gasteiger partial charge in [0.15, 0.2) is 0 Å². The maximum atomic E-state index is 2.37. The molecule has 0 fully saturated rings. The van der Waals surface area contributed by atoms with Gasteiger partial charge >= 0.3 is 0 Å². The normalized spacial score (nSPS) is 11.6. The second-order valence-electron chi connectivity index (χ2n) is 27.0. The number of aromatic nitrogens is 2. The summed E-state index contributed by atoms with van der Waals surface area (Å²) in [4.78, 5) is 0. The van der Waals surface area contributed by atoms with E-state index in [9.17, 15) is 0 Å². The molecule has 0 saturated carbocycles. The number of nitrogens with zero attached hydrogens (tertiary/aromatic N) is 2. The highest BCUT2D eigenvalue weighted by Gasteiger charge is 2.21. The number of hydrogen-bond acceptors (Lipinski definition) is 0. The molecule has 19 rings (SSSR count). The summed E-state index contributed by atoms with van der Waals surface area (Å²) in [6, 6.07) is 129. The summed E-state index contributed by atoms with van der Waals surface area (Å²) >= 11 is 0. The van der Waals surface area contributed by atoms with Crippen molar-refractivity contribution in [3.05, 3.63) is 374 Å². The van der Waals surface area contributed by atoms with Crippen molar-refractivity contribution in [1.82, 2.24) is 9.13 Å². The third kappa shape index (κ3) is 10.4. The zero-order chi connectivity index (χ0) is 67.0. The first-order chi connectivity index (χ1) is 49.2. The Balaban J connectivity index is 0.000000145. The van der Waals surface area contributed by atoms with Gasteiger partial charge < -0.3 is 9.13 Å². The largest absolute Gasteiger partial charge is 0.309 e. The summed E-state index contributed by atoms with van der Waals surface area (Å²) in [5.41, 5.74) is 29.9. The van der Waals surface area contributed by atoms with E-state index >= 15 is 0 Å². The van der Waals surface area contributed by atoms with Crippen molar-refractivity contribution in [1.29, 1.82) is 0 Å².